The van der Waals surface area contributed by atoms with Gasteiger partial charge >= 0.3 is 6.18 Å². The van der Waals surface area contributed by atoms with Gasteiger partial charge in [0.2, 0.25) is 5.91 Å². The number of rotatable bonds is 4. The third-order valence-electron chi connectivity index (χ3n) is 5.05. The Hall–Kier alpha value is -2.75. The van der Waals surface area contributed by atoms with Gasteiger partial charge in [-0.25, -0.2) is 9.37 Å². The highest BCUT2D eigenvalue weighted by molar-refractivity contribution is 7.13. The molecule has 1 amide bonds. The maximum atomic E-state index is 13.4. The smallest absolute Gasteiger partial charge is 0.342 e. The number of thiazole rings is 1. The molecule has 3 heterocycles. The summed E-state index contributed by atoms with van der Waals surface area (Å²) in [6, 6.07) is 6.93. The van der Waals surface area contributed by atoms with Crippen LogP contribution >= 0.6 is 11.3 Å². The molecule has 0 unspecified atom stereocenters. The van der Waals surface area contributed by atoms with Crippen LogP contribution in [0.4, 0.5) is 17.6 Å². The Kier molecular flexibility index (Phi) is 5.59. The molecule has 3 aromatic rings. The summed E-state index contributed by atoms with van der Waals surface area (Å²) in [4.78, 5) is 18.7. The molecule has 30 heavy (non-hydrogen) atoms. The van der Waals surface area contributed by atoms with Crippen LogP contribution in [-0.2, 0) is 17.4 Å². The second kappa shape index (κ2) is 8.17. The van der Waals surface area contributed by atoms with Gasteiger partial charge in [0, 0.05) is 30.2 Å². The topological polar surface area (TPSA) is 51.0 Å². The van der Waals surface area contributed by atoms with E-state index >= 15 is 0 Å². The van der Waals surface area contributed by atoms with E-state index in [4.69, 9.17) is 0 Å². The molecule has 10 heteroatoms. The molecule has 0 spiro atoms. The SMILES string of the molecule is O=C(Cc1csc(-c2cccc(F)c2)n1)N1CCC(n2ccc(C(F)(F)F)n2)CC1. The minimum absolute atomic E-state index is 0.0824. The molecule has 0 N–H and O–H groups in total. The number of piperidine rings is 1. The van der Waals surface area contributed by atoms with E-state index in [-0.39, 0.29) is 24.2 Å². The molecule has 158 valence electrons. The molecule has 0 aliphatic carbocycles. The molecule has 4 rings (SSSR count). The van der Waals surface area contributed by atoms with Crippen molar-refractivity contribution in [2.24, 2.45) is 0 Å². The summed E-state index contributed by atoms with van der Waals surface area (Å²) in [5.41, 5.74) is 0.379. The monoisotopic (exact) mass is 438 g/mol. The van der Waals surface area contributed by atoms with Crippen molar-refractivity contribution in [1.29, 1.82) is 0 Å². The number of carbonyl (C=O) groups is 1. The zero-order valence-electron chi connectivity index (χ0n) is 15.8. The van der Waals surface area contributed by atoms with Crippen molar-refractivity contribution in [3.8, 4) is 10.6 Å². The Morgan fingerprint density at radius 3 is 2.63 bits per heavy atom. The summed E-state index contributed by atoms with van der Waals surface area (Å²) in [7, 11) is 0. The van der Waals surface area contributed by atoms with Gasteiger partial charge in [-0.15, -0.1) is 11.3 Å². The summed E-state index contributed by atoms with van der Waals surface area (Å²) in [5.74, 6) is -0.427. The number of alkyl halides is 3. The molecule has 5 nitrogen and oxygen atoms in total. The number of likely N-dealkylation sites (tertiary alicyclic amines) is 1. The standard InChI is InChI=1S/C20H18F4N4OS/c21-14-3-1-2-13(10-14)19-25-15(12-30-19)11-18(29)27-7-4-16(5-8-27)28-9-6-17(26-28)20(22,23)24/h1-3,6,9-10,12,16H,4-5,7-8,11H2. The zero-order chi connectivity index (χ0) is 21.3. The maximum absolute atomic E-state index is 13.4. The Balaban J connectivity index is 1.33. The normalized spacial score (nSPS) is 15.5. The second-order valence-corrected chi connectivity index (χ2v) is 7.98. The molecular weight excluding hydrogens is 420 g/mol. The highest BCUT2D eigenvalue weighted by atomic mass is 32.1. The lowest BCUT2D eigenvalue weighted by Gasteiger charge is -2.32. The fraction of sp³-hybridized carbons (Fsp3) is 0.350. The maximum Gasteiger partial charge on any atom is 0.435 e. The van der Waals surface area contributed by atoms with Gasteiger partial charge in [0.05, 0.1) is 18.2 Å². The van der Waals surface area contributed by atoms with E-state index in [2.05, 4.69) is 10.1 Å². The molecule has 0 radical (unpaired) electrons. The van der Waals surface area contributed by atoms with Gasteiger partial charge in [0.25, 0.3) is 0 Å². The largest absolute Gasteiger partial charge is 0.435 e. The van der Waals surface area contributed by atoms with E-state index in [1.54, 1.807) is 22.4 Å². The molecule has 0 bridgehead atoms. The molecule has 2 aromatic heterocycles. The summed E-state index contributed by atoms with van der Waals surface area (Å²) < 4.78 is 52.9. The van der Waals surface area contributed by atoms with E-state index < -0.39 is 11.9 Å². The molecule has 0 saturated carbocycles. The number of benzene rings is 1. The molecule has 0 atom stereocenters. The highest BCUT2D eigenvalue weighted by Gasteiger charge is 2.34. The second-order valence-electron chi connectivity index (χ2n) is 7.12. The van der Waals surface area contributed by atoms with Crippen LogP contribution < -0.4 is 0 Å². The number of hydrogen-bond donors (Lipinski definition) is 0. The Bertz CT molecular complexity index is 1040. The quantitative estimate of drug-likeness (QED) is 0.561. The summed E-state index contributed by atoms with van der Waals surface area (Å²) >= 11 is 1.35. The molecular formula is C20H18F4N4OS. The van der Waals surface area contributed by atoms with Crippen molar-refractivity contribution in [1.82, 2.24) is 19.7 Å². The molecule has 1 aromatic carbocycles. The minimum Gasteiger partial charge on any atom is -0.342 e. The van der Waals surface area contributed by atoms with E-state index in [0.29, 0.717) is 42.2 Å². The Morgan fingerprint density at radius 1 is 1.20 bits per heavy atom. The number of nitrogens with zero attached hydrogens (tertiary/aromatic N) is 4. The van der Waals surface area contributed by atoms with Crippen LogP contribution in [0.2, 0.25) is 0 Å². The lowest BCUT2D eigenvalue weighted by molar-refractivity contribution is -0.141. The van der Waals surface area contributed by atoms with Crippen molar-refractivity contribution < 1.29 is 22.4 Å². The first-order valence-corrected chi connectivity index (χ1v) is 10.3. The molecule has 1 aliphatic rings. The van der Waals surface area contributed by atoms with Crippen molar-refractivity contribution >= 4 is 17.2 Å². The molecule has 1 saturated heterocycles. The van der Waals surface area contributed by atoms with Gasteiger partial charge in [0.1, 0.15) is 10.8 Å². The first kappa shape index (κ1) is 20.5. The van der Waals surface area contributed by atoms with Crippen LogP contribution in [-0.4, -0.2) is 38.7 Å². The molecule has 1 fully saturated rings. The van der Waals surface area contributed by atoms with Crippen molar-refractivity contribution in [2.45, 2.75) is 31.5 Å². The van der Waals surface area contributed by atoms with Gasteiger partial charge in [-0.3, -0.25) is 9.48 Å². The van der Waals surface area contributed by atoms with Crippen LogP contribution in [0.5, 0.6) is 0 Å². The van der Waals surface area contributed by atoms with Crippen LogP contribution in [0.25, 0.3) is 10.6 Å². The van der Waals surface area contributed by atoms with Crippen molar-refractivity contribution in [3.05, 3.63) is 59.1 Å². The lowest BCUT2D eigenvalue weighted by Crippen LogP contribution is -2.40. The number of halogens is 4. The van der Waals surface area contributed by atoms with Crippen LogP contribution in [0, 0.1) is 5.82 Å². The predicted molar refractivity (Wildman–Crippen MR) is 103 cm³/mol. The van der Waals surface area contributed by atoms with Gasteiger partial charge in [-0.2, -0.15) is 18.3 Å². The Labute approximate surface area is 174 Å². The summed E-state index contributed by atoms with van der Waals surface area (Å²) in [6.07, 6.45) is -1.91. The summed E-state index contributed by atoms with van der Waals surface area (Å²) in [5, 5.41) is 6.07. The van der Waals surface area contributed by atoms with Gasteiger partial charge in [-0.05, 0) is 31.0 Å². The van der Waals surface area contributed by atoms with Crippen LogP contribution in [0.3, 0.4) is 0 Å². The first-order chi connectivity index (χ1) is 14.3. The number of amides is 1. The molecule has 1 aliphatic heterocycles. The fourth-order valence-corrected chi connectivity index (χ4v) is 4.30. The van der Waals surface area contributed by atoms with E-state index in [9.17, 15) is 22.4 Å². The number of aromatic nitrogens is 3. The number of hydrogen-bond acceptors (Lipinski definition) is 4. The van der Waals surface area contributed by atoms with E-state index in [0.717, 1.165) is 6.07 Å². The minimum atomic E-state index is -4.46. The predicted octanol–water partition coefficient (Wildman–Crippen LogP) is 4.57. The average molecular weight is 438 g/mol. The third kappa shape index (κ3) is 4.53. The van der Waals surface area contributed by atoms with Gasteiger partial charge < -0.3 is 4.90 Å². The summed E-state index contributed by atoms with van der Waals surface area (Å²) in [6.45, 7) is 0.900. The lowest BCUT2D eigenvalue weighted by atomic mass is 10.0. The van der Waals surface area contributed by atoms with Crippen LogP contribution in [0.1, 0.15) is 30.3 Å². The van der Waals surface area contributed by atoms with Gasteiger partial charge in [-0.1, -0.05) is 12.1 Å². The average Bonchev–Trinajstić information content (AvgIpc) is 3.38. The van der Waals surface area contributed by atoms with Gasteiger partial charge in [0.15, 0.2) is 5.69 Å². The Morgan fingerprint density at radius 2 is 1.97 bits per heavy atom. The van der Waals surface area contributed by atoms with Crippen molar-refractivity contribution in [2.75, 3.05) is 13.1 Å². The van der Waals surface area contributed by atoms with E-state index in [1.807, 2.05) is 0 Å². The van der Waals surface area contributed by atoms with E-state index in [1.165, 1.54) is 34.3 Å². The van der Waals surface area contributed by atoms with Crippen molar-refractivity contribution in [3.63, 3.8) is 0 Å². The fourth-order valence-electron chi connectivity index (χ4n) is 3.48. The highest BCUT2D eigenvalue weighted by Crippen LogP contribution is 2.30. The zero-order valence-corrected chi connectivity index (χ0v) is 16.6. The first-order valence-electron chi connectivity index (χ1n) is 9.40. The third-order valence-corrected chi connectivity index (χ3v) is 5.99. The van der Waals surface area contributed by atoms with Crippen LogP contribution in [0.15, 0.2) is 41.9 Å². The number of carbonyl (C=O) groups excluding carboxylic acids is 1.